The van der Waals surface area contributed by atoms with Gasteiger partial charge < -0.3 is 15.2 Å². The molecule has 0 saturated heterocycles. The SMILES string of the molecule is O=C(COc1cccnc1)Nc1cccc(C(=O)O)c1. The fraction of sp³-hybridized carbons (Fsp3) is 0.0714. The van der Waals surface area contributed by atoms with Crippen LogP contribution in [0.5, 0.6) is 5.75 Å². The number of anilines is 1. The van der Waals surface area contributed by atoms with Crippen LogP contribution in [0, 0.1) is 0 Å². The molecular weight excluding hydrogens is 260 g/mol. The summed E-state index contributed by atoms with van der Waals surface area (Å²) in [7, 11) is 0. The predicted octanol–water partition coefficient (Wildman–Crippen LogP) is 1.80. The van der Waals surface area contributed by atoms with E-state index in [1.54, 1.807) is 30.5 Å². The van der Waals surface area contributed by atoms with Crippen LogP contribution in [0.1, 0.15) is 10.4 Å². The van der Waals surface area contributed by atoms with E-state index in [0.717, 1.165) is 0 Å². The number of hydrogen-bond acceptors (Lipinski definition) is 4. The highest BCUT2D eigenvalue weighted by Gasteiger charge is 2.07. The Balaban J connectivity index is 1.91. The molecule has 0 unspecified atom stereocenters. The zero-order valence-corrected chi connectivity index (χ0v) is 10.4. The largest absolute Gasteiger partial charge is 0.482 e. The van der Waals surface area contributed by atoms with E-state index in [2.05, 4.69) is 10.3 Å². The number of carbonyl (C=O) groups excluding carboxylic acids is 1. The van der Waals surface area contributed by atoms with E-state index >= 15 is 0 Å². The number of nitrogens with zero attached hydrogens (tertiary/aromatic N) is 1. The maximum atomic E-state index is 11.7. The first-order valence-electron chi connectivity index (χ1n) is 5.81. The number of ether oxygens (including phenoxy) is 1. The first-order valence-corrected chi connectivity index (χ1v) is 5.81. The van der Waals surface area contributed by atoms with E-state index in [1.807, 2.05) is 0 Å². The molecule has 1 amide bonds. The van der Waals surface area contributed by atoms with Gasteiger partial charge in [-0.2, -0.15) is 0 Å². The molecule has 102 valence electrons. The van der Waals surface area contributed by atoms with Crippen LogP contribution in [0.15, 0.2) is 48.8 Å². The molecule has 0 aliphatic rings. The lowest BCUT2D eigenvalue weighted by molar-refractivity contribution is -0.118. The molecule has 1 aromatic heterocycles. The number of hydrogen-bond donors (Lipinski definition) is 2. The van der Waals surface area contributed by atoms with Crippen LogP contribution >= 0.6 is 0 Å². The van der Waals surface area contributed by atoms with Gasteiger partial charge in [-0.05, 0) is 30.3 Å². The van der Waals surface area contributed by atoms with Crippen molar-refractivity contribution in [3.63, 3.8) is 0 Å². The number of aromatic nitrogens is 1. The number of nitrogens with one attached hydrogen (secondary N) is 1. The smallest absolute Gasteiger partial charge is 0.335 e. The highest BCUT2D eigenvalue weighted by molar-refractivity contribution is 5.94. The van der Waals surface area contributed by atoms with Crippen molar-refractivity contribution in [2.24, 2.45) is 0 Å². The molecule has 0 aliphatic heterocycles. The highest BCUT2D eigenvalue weighted by atomic mass is 16.5. The van der Waals surface area contributed by atoms with Crippen molar-refractivity contribution in [2.45, 2.75) is 0 Å². The quantitative estimate of drug-likeness (QED) is 0.866. The Morgan fingerprint density at radius 2 is 2.10 bits per heavy atom. The van der Waals surface area contributed by atoms with Crippen molar-refractivity contribution in [1.82, 2.24) is 4.98 Å². The number of amides is 1. The standard InChI is InChI=1S/C14H12N2O4/c17-13(9-20-12-5-2-6-15-8-12)16-11-4-1-3-10(7-11)14(18)19/h1-8H,9H2,(H,16,17)(H,18,19). The van der Waals surface area contributed by atoms with Gasteiger partial charge in [-0.1, -0.05) is 6.07 Å². The van der Waals surface area contributed by atoms with Gasteiger partial charge in [-0.25, -0.2) is 4.79 Å². The summed E-state index contributed by atoms with van der Waals surface area (Å²) in [5.41, 5.74) is 0.515. The van der Waals surface area contributed by atoms with E-state index in [-0.39, 0.29) is 18.1 Å². The molecule has 1 heterocycles. The fourth-order valence-electron chi connectivity index (χ4n) is 1.51. The summed E-state index contributed by atoms with van der Waals surface area (Å²) < 4.78 is 5.23. The Hall–Kier alpha value is -2.89. The van der Waals surface area contributed by atoms with Crippen molar-refractivity contribution < 1.29 is 19.4 Å². The van der Waals surface area contributed by atoms with Gasteiger partial charge in [0.1, 0.15) is 5.75 Å². The number of benzene rings is 1. The monoisotopic (exact) mass is 272 g/mol. The van der Waals surface area contributed by atoms with Gasteiger partial charge in [0.05, 0.1) is 11.8 Å². The molecule has 0 fully saturated rings. The molecule has 2 rings (SSSR count). The minimum absolute atomic E-state index is 0.107. The summed E-state index contributed by atoms with van der Waals surface area (Å²) in [6.45, 7) is -0.178. The number of carboxylic acids is 1. The van der Waals surface area contributed by atoms with Crippen LogP contribution in [0.3, 0.4) is 0 Å². The van der Waals surface area contributed by atoms with E-state index in [0.29, 0.717) is 11.4 Å². The normalized spacial score (nSPS) is 9.80. The molecule has 0 bridgehead atoms. The molecule has 1 aromatic carbocycles. The molecular formula is C14H12N2O4. The molecule has 2 N–H and O–H groups in total. The van der Waals surface area contributed by atoms with Crippen molar-refractivity contribution in [1.29, 1.82) is 0 Å². The van der Waals surface area contributed by atoms with Gasteiger partial charge in [0.25, 0.3) is 5.91 Å². The third-order valence-electron chi connectivity index (χ3n) is 2.40. The zero-order chi connectivity index (χ0) is 14.4. The number of aromatic carboxylic acids is 1. The van der Waals surface area contributed by atoms with Crippen LogP contribution in [0.25, 0.3) is 0 Å². The topological polar surface area (TPSA) is 88.5 Å². The maximum Gasteiger partial charge on any atom is 0.335 e. The van der Waals surface area contributed by atoms with E-state index in [4.69, 9.17) is 9.84 Å². The minimum Gasteiger partial charge on any atom is -0.482 e. The van der Waals surface area contributed by atoms with Gasteiger partial charge in [0.15, 0.2) is 6.61 Å². The van der Waals surface area contributed by atoms with E-state index in [1.165, 1.54) is 18.3 Å². The van der Waals surface area contributed by atoms with Crippen LogP contribution in [-0.4, -0.2) is 28.6 Å². The molecule has 0 atom stereocenters. The molecule has 0 spiro atoms. The average molecular weight is 272 g/mol. The molecule has 0 radical (unpaired) electrons. The summed E-state index contributed by atoms with van der Waals surface area (Å²) in [5, 5.41) is 11.4. The average Bonchev–Trinajstić information content (AvgIpc) is 2.46. The fourth-order valence-corrected chi connectivity index (χ4v) is 1.51. The summed E-state index contributed by atoms with van der Waals surface area (Å²) >= 11 is 0. The Morgan fingerprint density at radius 1 is 1.25 bits per heavy atom. The van der Waals surface area contributed by atoms with E-state index < -0.39 is 5.97 Å². The van der Waals surface area contributed by atoms with E-state index in [9.17, 15) is 9.59 Å². The first kappa shape index (κ1) is 13.5. The lowest BCUT2D eigenvalue weighted by atomic mass is 10.2. The van der Waals surface area contributed by atoms with Crippen molar-refractivity contribution >= 4 is 17.6 Å². The molecule has 20 heavy (non-hydrogen) atoms. The second-order valence-electron chi connectivity index (χ2n) is 3.91. The first-order chi connectivity index (χ1) is 9.65. The molecule has 6 nitrogen and oxygen atoms in total. The van der Waals surface area contributed by atoms with Crippen molar-refractivity contribution in [3.8, 4) is 5.75 Å². The van der Waals surface area contributed by atoms with Gasteiger partial charge >= 0.3 is 5.97 Å². The Kier molecular flexibility index (Phi) is 4.28. The second-order valence-corrected chi connectivity index (χ2v) is 3.91. The number of carbonyl (C=O) groups is 2. The lowest BCUT2D eigenvalue weighted by Crippen LogP contribution is -2.20. The highest BCUT2D eigenvalue weighted by Crippen LogP contribution is 2.11. The third kappa shape index (κ3) is 3.81. The Morgan fingerprint density at radius 3 is 2.80 bits per heavy atom. The molecule has 0 saturated carbocycles. The molecule has 2 aromatic rings. The summed E-state index contributed by atoms with van der Waals surface area (Å²) in [6, 6.07) is 9.37. The van der Waals surface area contributed by atoms with Gasteiger partial charge in [-0.3, -0.25) is 9.78 Å². The minimum atomic E-state index is -1.05. The summed E-state index contributed by atoms with van der Waals surface area (Å²) in [5.74, 6) is -0.939. The summed E-state index contributed by atoms with van der Waals surface area (Å²) in [4.78, 5) is 26.3. The Bertz CT molecular complexity index is 614. The predicted molar refractivity (Wildman–Crippen MR) is 71.8 cm³/mol. The van der Waals surface area contributed by atoms with Crippen molar-refractivity contribution in [2.75, 3.05) is 11.9 Å². The maximum absolute atomic E-state index is 11.7. The van der Waals surface area contributed by atoms with Gasteiger partial charge in [0, 0.05) is 11.9 Å². The summed E-state index contributed by atoms with van der Waals surface area (Å²) in [6.07, 6.45) is 3.10. The van der Waals surface area contributed by atoms with Crippen molar-refractivity contribution in [3.05, 3.63) is 54.4 Å². The van der Waals surface area contributed by atoms with Gasteiger partial charge in [-0.15, -0.1) is 0 Å². The third-order valence-corrected chi connectivity index (χ3v) is 2.40. The molecule has 6 heteroatoms. The Labute approximate surface area is 115 Å². The van der Waals surface area contributed by atoms with Crippen LogP contribution < -0.4 is 10.1 Å². The van der Waals surface area contributed by atoms with Crippen LogP contribution in [0.2, 0.25) is 0 Å². The lowest BCUT2D eigenvalue weighted by Gasteiger charge is -2.07. The van der Waals surface area contributed by atoms with Crippen LogP contribution in [-0.2, 0) is 4.79 Å². The second kappa shape index (κ2) is 6.33. The molecule has 0 aliphatic carbocycles. The number of carboxylic acid groups (broad SMARTS) is 1. The van der Waals surface area contributed by atoms with Crippen LogP contribution in [0.4, 0.5) is 5.69 Å². The zero-order valence-electron chi connectivity index (χ0n) is 10.4. The number of pyridine rings is 1. The number of rotatable bonds is 5. The van der Waals surface area contributed by atoms with Gasteiger partial charge in [0.2, 0.25) is 0 Å².